The number of nitrogens with one attached hydrogen (secondary N) is 1. The van der Waals surface area contributed by atoms with Gasteiger partial charge < -0.3 is 5.32 Å². The van der Waals surface area contributed by atoms with Crippen molar-refractivity contribution in [3.05, 3.63) is 44.6 Å². The summed E-state index contributed by atoms with van der Waals surface area (Å²) in [7, 11) is 0. The average Bonchev–Trinajstić information content (AvgIpc) is 2.66. The van der Waals surface area contributed by atoms with Crippen LogP contribution < -0.4 is 5.32 Å². The van der Waals surface area contributed by atoms with Crippen molar-refractivity contribution in [1.29, 1.82) is 0 Å². The molecular formula is C11H10BrFN2S. The predicted octanol–water partition coefficient (Wildman–Crippen LogP) is 3.97. The fourth-order valence-corrected chi connectivity index (χ4v) is 2.40. The maximum absolute atomic E-state index is 13.4. The SMILES string of the molecule is Cc1ncc(CNc2cc(Br)ccc2F)s1. The lowest BCUT2D eigenvalue weighted by Gasteiger charge is -2.06. The molecule has 1 heterocycles. The Morgan fingerprint density at radius 2 is 2.31 bits per heavy atom. The average molecular weight is 301 g/mol. The van der Waals surface area contributed by atoms with Gasteiger partial charge in [0, 0.05) is 15.5 Å². The Balaban J connectivity index is 2.07. The molecular weight excluding hydrogens is 291 g/mol. The zero-order valence-corrected chi connectivity index (χ0v) is 11.0. The highest BCUT2D eigenvalue weighted by molar-refractivity contribution is 9.10. The van der Waals surface area contributed by atoms with Gasteiger partial charge in [-0.2, -0.15) is 0 Å². The van der Waals surface area contributed by atoms with Crippen molar-refractivity contribution < 1.29 is 4.39 Å². The summed E-state index contributed by atoms with van der Waals surface area (Å²) >= 11 is 4.92. The van der Waals surface area contributed by atoms with Gasteiger partial charge in [-0.25, -0.2) is 9.37 Å². The van der Waals surface area contributed by atoms with Crippen LogP contribution in [0.25, 0.3) is 0 Å². The van der Waals surface area contributed by atoms with Crippen molar-refractivity contribution in [1.82, 2.24) is 4.98 Å². The molecule has 1 aromatic carbocycles. The molecule has 5 heteroatoms. The molecule has 0 spiro atoms. The van der Waals surface area contributed by atoms with Crippen molar-refractivity contribution in [2.24, 2.45) is 0 Å². The molecule has 2 nitrogen and oxygen atoms in total. The van der Waals surface area contributed by atoms with Crippen LogP contribution >= 0.6 is 27.3 Å². The molecule has 2 rings (SSSR count). The molecule has 0 aliphatic carbocycles. The second-order valence-corrected chi connectivity index (χ2v) is 5.56. The van der Waals surface area contributed by atoms with Gasteiger partial charge in [0.1, 0.15) is 5.82 Å². The quantitative estimate of drug-likeness (QED) is 0.928. The Kier molecular flexibility index (Phi) is 3.56. The zero-order valence-electron chi connectivity index (χ0n) is 8.63. The van der Waals surface area contributed by atoms with Crippen LogP contribution in [0.1, 0.15) is 9.88 Å². The van der Waals surface area contributed by atoms with Crippen LogP contribution in [0.3, 0.4) is 0 Å². The maximum Gasteiger partial charge on any atom is 0.146 e. The van der Waals surface area contributed by atoms with Gasteiger partial charge in [0.15, 0.2) is 0 Å². The Hall–Kier alpha value is -0.940. The molecule has 0 unspecified atom stereocenters. The molecule has 0 bridgehead atoms. The second-order valence-electron chi connectivity index (χ2n) is 3.32. The minimum atomic E-state index is -0.246. The van der Waals surface area contributed by atoms with Crippen molar-refractivity contribution >= 4 is 33.0 Å². The topological polar surface area (TPSA) is 24.9 Å². The van der Waals surface area contributed by atoms with Crippen LogP contribution in [0, 0.1) is 12.7 Å². The third kappa shape index (κ3) is 2.80. The minimum Gasteiger partial charge on any atom is -0.378 e. The molecule has 1 aromatic heterocycles. The first-order valence-electron chi connectivity index (χ1n) is 4.75. The molecule has 0 fully saturated rings. The van der Waals surface area contributed by atoms with Gasteiger partial charge in [0.25, 0.3) is 0 Å². The number of rotatable bonds is 3. The number of hydrogen-bond donors (Lipinski definition) is 1. The highest BCUT2D eigenvalue weighted by atomic mass is 79.9. The van der Waals surface area contributed by atoms with Crippen LogP contribution in [-0.4, -0.2) is 4.98 Å². The normalized spacial score (nSPS) is 10.4. The first-order valence-corrected chi connectivity index (χ1v) is 6.36. The Morgan fingerprint density at radius 1 is 1.50 bits per heavy atom. The molecule has 2 aromatic rings. The van der Waals surface area contributed by atoms with Gasteiger partial charge >= 0.3 is 0 Å². The fourth-order valence-electron chi connectivity index (χ4n) is 1.30. The first kappa shape index (κ1) is 11.5. The van der Waals surface area contributed by atoms with E-state index in [1.165, 1.54) is 6.07 Å². The molecule has 0 aliphatic heterocycles. The summed E-state index contributed by atoms with van der Waals surface area (Å²) < 4.78 is 14.2. The minimum absolute atomic E-state index is 0.246. The fraction of sp³-hybridized carbons (Fsp3) is 0.182. The highest BCUT2D eigenvalue weighted by Crippen LogP contribution is 2.21. The largest absolute Gasteiger partial charge is 0.378 e. The zero-order chi connectivity index (χ0) is 11.5. The van der Waals surface area contributed by atoms with E-state index in [1.54, 1.807) is 23.5 Å². The lowest BCUT2D eigenvalue weighted by molar-refractivity contribution is 0.630. The van der Waals surface area contributed by atoms with Crippen molar-refractivity contribution in [3.8, 4) is 0 Å². The molecule has 0 radical (unpaired) electrons. The van der Waals surface area contributed by atoms with Crippen LogP contribution in [0.5, 0.6) is 0 Å². The van der Waals surface area contributed by atoms with Gasteiger partial charge in [-0.1, -0.05) is 15.9 Å². The van der Waals surface area contributed by atoms with Crippen molar-refractivity contribution in [2.75, 3.05) is 5.32 Å². The predicted molar refractivity (Wildman–Crippen MR) is 68.3 cm³/mol. The van der Waals surface area contributed by atoms with Gasteiger partial charge in [-0.3, -0.25) is 0 Å². The molecule has 16 heavy (non-hydrogen) atoms. The molecule has 0 atom stereocenters. The number of anilines is 1. The molecule has 0 amide bonds. The summed E-state index contributed by atoms with van der Waals surface area (Å²) in [6.07, 6.45) is 1.81. The van der Waals surface area contributed by atoms with E-state index in [0.717, 1.165) is 14.4 Å². The van der Waals surface area contributed by atoms with E-state index >= 15 is 0 Å². The third-order valence-corrected chi connectivity index (χ3v) is 3.46. The van der Waals surface area contributed by atoms with Crippen LogP contribution in [-0.2, 0) is 6.54 Å². The van der Waals surface area contributed by atoms with E-state index in [4.69, 9.17) is 0 Å². The van der Waals surface area contributed by atoms with E-state index < -0.39 is 0 Å². The van der Waals surface area contributed by atoms with E-state index in [1.807, 2.05) is 13.1 Å². The summed E-state index contributed by atoms with van der Waals surface area (Å²) in [5, 5.41) is 4.07. The molecule has 0 saturated carbocycles. The van der Waals surface area contributed by atoms with E-state index in [0.29, 0.717) is 12.2 Å². The third-order valence-electron chi connectivity index (χ3n) is 2.05. The van der Waals surface area contributed by atoms with Crippen LogP contribution in [0.2, 0.25) is 0 Å². The van der Waals surface area contributed by atoms with E-state index in [9.17, 15) is 4.39 Å². The lowest BCUT2D eigenvalue weighted by Crippen LogP contribution is -1.99. The Bertz CT molecular complexity index is 498. The Morgan fingerprint density at radius 3 is 3.00 bits per heavy atom. The standard InChI is InChI=1S/C11H10BrFN2S/c1-7-14-5-9(16-7)6-15-11-4-8(12)2-3-10(11)13/h2-5,15H,6H2,1H3. The molecule has 0 saturated heterocycles. The number of aromatic nitrogens is 1. The first-order chi connectivity index (χ1) is 7.65. The van der Waals surface area contributed by atoms with Gasteiger partial charge in [-0.15, -0.1) is 11.3 Å². The number of thiazole rings is 1. The van der Waals surface area contributed by atoms with Crippen LogP contribution in [0.15, 0.2) is 28.9 Å². The number of nitrogens with zero attached hydrogens (tertiary/aromatic N) is 1. The van der Waals surface area contributed by atoms with Crippen molar-refractivity contribution in [2.45, 2.75) is 13.5 Å². The maximum atomic E-state index is 13.4. The summed E-state index contributed by atoms with van der Waals surface area (Å²) in [5.74, 6) is -0.246. The lowest BCUT2D eigenvalue weighted by atomic mass is 10.3. The van der Waals surface area contributed by atoms with Gasteiger partial charge in [0.2, 0.25) is 0 Å². The monoisotopic (exact) mass is 300 g/mol. The summed E-state index contributed by atoms with van der Waals surface area (Å²) in [6, 6.07) is 4.84. The van der Waals surface area contributed by atoms with E-state index in [2.05, 4.69) is 26.2 Å². The molecule has 84 valence electrons. The summed E-state index contributed by atoms with van der Waals surface area (Å²) in [5.41, 5.74) is 0.500. The highest BCUT2D eigenvalue weighted by Gasteiger charge is 2.03. The van der Waals surface area contributed by atoms with Gasteiger partial charge in [0.05, 0.1) is 17.2 Å². The van der Waals surface area contributed by atoms with Crippen LogP contribution in [0.4, 0.5) is 10.1 Å². The van der Waals surface area contributed by atoms with E-state index in [-0.39, 0.29) is 5.82 Å². The second kappa shape index (κ2) is 4.93. The van der Waals surface area contributed by atoms with Crippen molar-refractivity contribution in [3.63, 3.8) is 0 Å². The smallest absolute Gasteiger partial charge is 0.146 e. The Labute approximate surface area is 106 Å². The number of benzene rings is 1. The number of hydrogen-bond acceptors (Lipinski definition) is 3. The van der Waals surface area contributed by atoms with Gasteiger partial charge in [-0.05, 0) is 25.1 Å². The summed E-state index contributed by atoms with van der Waals surface area (Å²) in [6.45, 7) is 2.55. The number of halogens is 2. The molecule has 1 N–H and O–H groups in total. The number of aryl methyl sites for hydroxylation is 1. The molecule has 0 aliphatic rings. The summed E-state index contributed by atoms with van der Waals surface area (Å²) in [4.78, 5) is 5.24.